The molecule has 118 valence electrons. The van der Waals surface area contributed by atoms with Gasteiger partial charge in [-0.25, -0.2) is 9.97 Å². The van der Waals surface area contributed by atoms with Gasteiger partial charge in [-0.15, -0.1) is 0 Å². The van der Waals surface area contributed by atoms with E-state index < -0.39 is 0 Å². The SMILES string of the molecule is Cc1cc(N2CCCCC2C)ccc1Nc1cnc(C#N)cn1. The molecule has 5 nitrogen and oxygen atoms in total. The number of aryl methyl sites for hydroxylation is 1. The molecule has 1 aliphatic rings. The average Bonchev–Trinajstić information content (AvgIpc) is 2.58. The van der Waals surface area contributed by atoms with Gasteiger partial charge < -0.3 is 10.2 Å². The highest BCUT2D eigenvalue weighted by atomic mass is 15.2. The summed E-state index contributed by atoms with van der Waals surface area (Å²) in [6, 6.07) is 9.05. The molecule has 23 heavy (non-hydrogen) atoms. The van der Waals surface area contributed by atoms with Gasteiger partial charge in [0.05, 0.1) is 12.4 Å². The number of hydrogen-bond acceptors (Lipinski definition) is 5. The highest BCUT2D eigenvalue weighted by Gasteiger charge is 2.18. The normalized spacial score (nSPS) is 17.6. The zero-order chi connectivity index (χ0) is 16.2. The maximum Gasteiger partial charge on any atom is 0.158 e. The fourth-order valence-corrected chi connectivity index (χ4v) is 3.04. The van der Waals surface area contributed by atoms with E-state index in [0.717, 1.165) is 12.2 Å². The van der Waals surface area contributed by atoms with Gasteiger partial charge in [-0.1, -0.05) is 0 Å². The van der Waals surface area contributed by atoms with E-state index in [4.69, 9.17) is 5.26 Å². The van der Waals surface area contributed by atoms with E-state index in [2.05, 4.69) is 52.2 Å². The molecular weight excluding hydrogens is 286 g/mol. The van der Waals surface area contributed by atoms with Crippen LogP contribution >= 0.6 is 0 Å². The molecule has 1 saturated heterocycles. The van der Waals surface area contributed by atoms with E-state index in [0.29, 0.717) is 17.6 Å². The van der Waals surface area contributed by atoms with Gasteiger partial charge in [-0.3, -0.25) is 0 Å². The van der Waals surface area contributed by atoms with Crippen LogP contribution in [0, 0.1) is 18.3 Å². The summed E-state index contributed by atoms with van der Waals surface area (Å²) in [7, 11) is 0. The van der Waals surface area contributed by atoms with Crippen molar-refractivity contribution in [3.8, 4) is 6.07 Å². The first-order chi connectivity index (χ1) is 11.2. The van der Waals surface area contributed by atoms with Gasteiger partial charge in [0.2, 0.25) is 0 Å². The van der Waals surface area contributed by atoms with E-state index in [1.165, 1.54) is 36.7 Å². The van der Waals surface area contributed by atoms with Crippen LogP contribution in [0.3, 0.4) is 0 Å². The van der Waals surface area contributed by atoms with E-state index in [1.807, 2.05) is 6.07 Å². The first kappa shape index (κ1) is 15.3. The van der Waals surface area contributed by atoms with Crippen molar-refractivity contribution >= 4 is 17.2 Å². The van der Waals surface area contributed by atoms with Gasteiger partial charge in [0.15, 0.2) is 5.69 Å². The molecule has 1 aromatic carbocycles. The van der Waals surface area contributed by atoms with Crippen LogP contribution in [0.5, 0.6) is 0 Å². The monoisotopic (exact) mass is 307 g/mol. The van der Waals surface area contributed by atoms with Crippen molar-refractivity contribution in [1.29, 1.82) is 5.26 Å². The lowest BCUT2D eigenvalue weighted by atomic mass is 10.0. The lowest BCUT2D eigenvalue weighted by molar-refractivity contribution is 0.485. The summed E-state index contributed by atoms with van der Waals surface area (Å²) in [5.74, 6) is 0.645. The van der Waals surface area contributed by atoms with Gasteiger partial charge in [-0.05, 0) is 56.9 Å². The number of nitriles is 1. The second kappa shape index (κ2) is 6.66. The smallest absolute Gasteiger partial charge is 0.158 e. The molecule has 0 radical (unpaired) electrons. The van der Waals surface area contributed by atoms with Crippen LogP contribution < -0.4 is 10.2 Å². The van der Waals surface area contributed by atoms with Crippen molar-refractivity contribution in [2.75, 3.05) is 16.8 Å². The quantitative estimate of drug-likeness (QED) is 0.935. The molecular formula is C18H21N5. The molecule has 5 heteroatoms. The van der Waals surface area contributed by atoms with Gasteiger partial charge in [-0.2, -0.15) is 5.26 Å². The van der Waals surface area contributed by atoms with Gasteiger partial charge >= 0.3 is 0 Å². The number of anilines is 3. The van der Waals surface area contributed by atoms with Crippen molar-refractivity contribution in [3.05, 3.63) is 41.9 Å². The Morgan fingerprint density at radius 1 is 1.26 bits per heavy atom. The minimum atomic E-state index is 0.321. The molecule has 1 N–H and O–H groups in total. The number of hydrogen-bond donors (Lipinski definition) is 1. The van der Waals surface area contributed by atoms with Crippen molar-refractivity contribution in [2.24, 2.45) is 0 Å². The third-order valence-corrected chi connectivity index (χ3v) is 4.37. The zero-order valence-corrected chi connectivity index (χ0v) is 13.6. The highest BCUT2D eigenvalue weighted by Crippen LogP contribution is 2.29. The van der Waals surface area contributed by atoms with Crippen LogP contribution in [0.2, 0.25) is 0 Å². The first-order valence-electron chi connectivity index (χ1n) is 8.04. The Hall–Kier alpha value is -2.61. The summed E-state index contributed by atoms with van der Waals surface area (Å²) in [6.07, 6.45) is 6.91. The molecule has 2 aromatic rings. The van der Waals surface area contributed by atoms with Gasteiger partial charge in [0, 0.05) is 24.0 Å². The Morgan fingerprint density at radius 2 is 2.13 bits per heavy atom. The van der Waals surface area contributed by atoms with E-state index in [-0.39, 0.29) is 0 Å². The number of piperidine rings is 1. The highest BCUT2D eigenvalue weighted by molar-refractivity contribution is 5.65. The maximum absolute atomic E-state index is 8.76. The lowest BCUT2D eigenvalue weighted by Gasteiger charge is -2.35. The molecule has 0 aliphatic carbocycles. The maximum atomic E-state index is 8.76. The van der Waals surface area contributed by atoms with Crippen molar-refractivity contribution in [2.45, 2.75) is 39.2 Å². The van der Waals surface area contributed by atoms with E-state index in [1.54, 1.807) is 6.20 Å². The fourth-order valence-electron chi connectivity index (χ4n) is 3.04. The predicted octanol–water partition coefficient (Wildman–Crippen LogP) is 3.78. The second-order valence-electron chi connectivity index (χ2n) is 6.06. The zero-order valence-electron chi connectivity index (χ0n) is 13.6. The Bertz CT molecular complexity index is 717. The number of nitrogens with zero attached hydrogens (tertiary/aromatic N) is 4. The van der Waals surface area contributed by atoms with Crippen LogP contribution in [0.25, 0.3) is 0 Å². The minimum Gasteiger partial charge on any atom is -0.369 e. The number of aromatic nitrogens is 2. The van der Waals surface area contributed by atoms with Crippen molar-refractivity contribution in [1.82, 2.24) is 9.97 Å². The Labute approximate surface area is 137 Å². The summed E-state index contributed by atoms with van der Waals surface area (Å²) >= 11 is 0. The molecule has 1 atom stereocenters. The summed E-state index contributed by atoms with van der Waals surface area (Å²) in [5.41, 5.74) is 3.79. The molecule has 1 aromatic heterocycles. The summed E-state index contributed by atoms with van der Waals surface area (Å²) < 4.78 is 0. The van der Waals surface area contributed by atoms with E-state index >= 15 is 0 Å². The second-order valence-corrected chi connectivity index (χ2v) is 6.06. The molecule has 2 heterocycles. The molecule has 1 aliphatic heterocycles. The molecule has 1 fully saturated rings. The van der Waals surface area contributed by atoms with Crippen LogP contribution in [-0.2, 0) is 0 Å². The Balaban J connectivity index is 1.77. The van der Waals surface area contributed by atoms with Crippen LogP contribution in [-0.4, -0.2) is 22.6 Å². The third-order valence-electron chi connectivity index (χ3n) is 4.37. The number of benzene rings is 1. The minimum absolute atomic E-state index is 0.321. The van der Waals surface area contributed by atoms with Gasteiger partial charge in [0.1, 0.15) is 11.9 Å². The molecule has 0 saturated carbocycles. The fraction of sp³-hybridized carbons (Fsp3) is 0.389. The number of nitrogens with one attached hydrogen (secondary N) is 1. The first-order valence-corrected chi connectivity index (χ1v) is 8.04. The summed E-state index contributed by atoms with van der Waals surface area (Å²) in [5, 5.41) is 12.0. The lowest BCUT2D eigenvalue weighted by Crippen LogP contribution is -2.37. The van der Waals surface area contributed by atoms with Crippen LogP contribution in [0.4, 0.5) is 17.2 Å². The molecule has 1 unspecified atom stereocenters. The number of rotatable bonds is 3. The largest absolute Gasteiger partial charge is 0.369 e. The topological polar surface area (TPSA) is 64.8 Å². The van der Waals surface area contributed by atoms with E-state index in [9.17, 15) is 0 Å². The Morgan fingerprint density at radius 3 is 2.78 bits per heavy atom. The predicted molar refractivity (Wildman–Crippen MR) is 91.9 cm³/mol. The third kappa shape index (κ3) is 3.42. The van der Waals surface area contributed by atoms with Crippen molar-refractivity contribution < 1.29 is 0 Å². The molecule has 0 amide bonds. The van der Waals surface area contributed by atoms with Gasteiger partial charge in [0.25, 0.3) is 0 Å². The molecule has 0 spiro atoms. The Kier molecular flexibility index (Phi) is 4.42. The molecule has 0 bridgehead atoms. The van der Waals surface area contributed by atoms with Crippen molar-refractivity contribution in [3.63, 3.8) is 0 Å². The summed E-state index contributed by atoms with van der Waals surface area (Å²) in [4.78, 5) is 10.7. The summed E-state index contributed by atoms with van der Waals surface area (Å²) in [6.45, 7) is 5.53. The molecule has 3 rings (SSSR count). The van der Waals surface area contributed by atoms with Crippen LogP contribution in [0.1, 0.15) is 37.4 Å². The van der Waals surface area contributed by atoms with Crippen LogP contribution in [0.15, 0.2) is 30.6 Å². The average molecular weight is 307 g/mol. The standard InChI is InChI=1S/C18H21N5/c1-13-9-16(23-8-4-3-5-14(23)2)6-7-17(13)22-18-12-20-15(10-19)11-21-18/h6-7,9,11-12,14H,3-5,8H2,1-2H3,(H,21,22).